The molecule has 0 bridgehead atoms. The average molecular weight is 366 g/mol. The number of hydrogen-bond acceptors (Lipinski definition) is 0. The topological polar surface area (TPSA) is 0 Å². The van der Waals surface area contributed by atoms with Crippen LogP contribution in [0.4, 0.5) is 0 Å². The smallest absolute Gasteiger partial charge is 0.00990 e. The molecular weight excluding hydrogens is 352 g/mol. The van der Waals surface area contributed by atoms with Gasteiger partial charge in [-0.1, -0.05) is 92.5 Å². The molecule has 2 aromatic carbocycles. The van der Waals surface area contributed by atoms with Crippen molar-refractivity contribution < 1.29 is 0 Å². The van der Waals surface area contributed by atoms with Crippen LogP contribution < -0.4 is 0 Å². The van der Waals surface area contributed by atoms with Crippen molar-refractivity contribution in [2.45, 2.75) is 12.8 Å². The van der Waals surface area contributed by atoms with Crippen LogP contribution in [0.1, 0.15) is 11.1 Å². The van der Waals surface area contributed by atoms with Gasteiger partial charge in [-0.25, -0.2) is 0 Å². The minimum Gasteiger partial charge on any atom is -0.0622 e. The second-order valence-corrected chi connectivity index (χ2v) is 6.05. The number of benzene rings is 2. The van der Waals surface area contributed by atoms with Gasteiger partial charge in [-0.3, -0.25) is 0 Å². The van der Waals surface area contributed by atoms with Gasteiger partial charge in [0.25, 0.3) is 0 Å². The zero-order valence-electron chi connectivity index (χ0n) is 9.94. The molecule has 0 saturated heterocycles. The molecule has 0 heterocycles. The van der Waals surface area contributed by atoms with Crippen molar-refractivity contribution in [3.05, 3.63) is 80.8 Å². The van der Waals surface area contributed by atoms with Gasteiger partial charge in [0.15, 0.2) is 0 Å². The van der Waals surface area contributed by atoms with E-state index in [0.717, 1.165) is 12.8 Å². The van der Waals surface area contributed by atoms with Crippen LogP contribution in [0.5, 0.6) is 0 Å². The molecule has 2 heteroatoms. The molecule has 0 fully saturated rings. The van der Waals surface area contributed by atoms with Crippen LogP contribution in [0.15, 0.2) is 69.6 Å². The van der Waals surface area contributed by atoms with E-state index in [-0.39, 0.29) is 0 Å². The van der Waals surface area contributed by atoms with E-state index in [2.05, 4.69) is 80.4 Å². The molecule has 0 aliphatic heterocycles. The molecule has 2 rings (SSSR count). The highest BCUT2D eigenvalue weighted by Gasteiger charge is 2.03. The van der Waals surface area contributed by atoms with Gasteiger partial charge in [0.1, 0.15) is 0 Å². The van der Waals surface area contributed by atoms with Gasteiger partial charge in [0, 0.05) is 21.8 Å². The second-order valence-electron chi connectivity index (χ2n) is 4.13. The Morgan fingerprint density at radius 3 is 1.28 bits per heavy atom. The van der Waals surface area contributed by atoms with Crippen molar-refractivity contribution in [3.63, 3.8) is 0 Å². The molecule has 0 radical (unpaired) electrons. The van der Waals surface area contributed by atoms with E-state index >= 15 is 0 Å². The summed E-state index contributed by atoms with van der Waals surface area (Å²) in [7, 11) is 0. The largest absolute Gasteiger partial charge is 0.0622 e. The Balaban J connectivity index is 2.06. The first kappa shape index (κ1) is 13.6. The normalized spacial score (nSPS) is 12.1. The lowest BCUT2D eigenvalue weighted by molar-refractivity contribution is 1.18. The third kappa shape index (κ3) is 4.11. The van der Waals surface area contributed by atoms with Crippen molar-refractivity contribution in [2.24, 2.45) is 0 Å². The molecule has 0 saturated carbocycles. The van der Waals surface area contributed by atoms with Gasteiger partial charge < -0.3 is 0 Å². The summed E-state index contributed by atoms with van der Waals surface area (Å²) in [6, 6.07) is 20.9. The van der Waals surface area contributed by atoms with E-state index in [4.69, 9.17) is 0 Å². The van der Waals surface area contributed by atoms with Crippen molar-refractivity contribution in [1.29, 1.82) is 0 Å². The summed E-state index contributed by atoms with van der Waals surface area (Å²) in [5, 5.41) is 0. The quantitative estimate of drug-likeness (QED) is 0.673. The Bertz CT molecular complexity index is 466. The number of allylic oxidation sites excluding steroid dienone is 2. The zero-order valence-corrected chi connectivity index (χ0v) is 13.1. The molecule has 0 aromatic heterocycles. The Kier molecular flexibility index (Phi) is 5.21. The molecule has 18 heavy (non-hydrogen) atoms. The SMILES string of the molecule is Br/C(Cc1ccccc1)=C(\Br)Cc1ccccc1. The predicted octanol–water partition coefficient (Wildman–Crippen LogP) is 5.47. The number of halogens is 2. The van der Waals surface area contributed by atoms with Gasteiger partial charge in [-0.15, -0.1) is 0 Å². The van der Waals surface area contributed by atoms with Crippen molar-refractivity contribution in [3.8, 4) is 0 Å². The van der Waals surface area contributed by atoms with E-state index in [9.17, 15) is 0 Å². The summed E-state index contributed by atoms with van der Waals surface area (Å²) in [6.45, 7) is 0. The van der Waals surface area contributed by atoms with Crippen LogP contribution in [0.3, 0.4) is 0 Å². The van der Waals surface area contributed by atoms with E-state index in [1.165, 1.54) is 20.1 Å². The zero-order chi connectivity index (χ0) is 12.8. The molecule has 0 aliphatic carbocycles. The van der Waals surface area contributed by atoms with E-state index in [1.54, 1.807) is 0 Å². The lowest BCUT2D eigenvalue weighted by Gasteiger charge is -2.05. The van der Waals surface area contributed by atoms with Gasteiger partial charge in [-0.05, 0) is 11.1 Å². The fourth-order valence-corrected chi connectivity index (χ4v) is 2.67. The van der Waals surface area contributed by atoms with Crippen LogP contribution in [0.25, 0.3) is 0 Å². The van der Waals surface area contributed by atoms with Gasteiger partial charge in [-0.2, -0.15) is 0 Å². The van der Waals surface area contributed by atoms with Crippen LogP contribution in [-0.4, -0.2) is 0 Å². The van der Waals surface area contributed by atoms with E-state index < -0.39 is 0 Å². The molecule has 0 atom stereocenters. The highest BCUT2D eigenvalue weighted by Crippen LogP contribution is 2.25. The maximum atomic E-state index is 3.67. The van der Waals surface area contributed by atoms with Gasteiger partial charge in [0.05, 0.1) is 0 Å². The molecule has 0 spiro atoms. The highest BCUT2D eigenvalue weighted by molar-refractivity contribution is 9.14. The van der Waals surface area contributed by atoms with E-state index in [0.29, 0.717) is 0 Å². The third-order valence-electron chi connectivity index (χ3n) is 2.70. The monoisotopic (exact) mass is 364 g/mol. The Hall–Kier alpha value is -0.860. The molecule has 0 amide bonds. The third-order valence-corrected chi connectivity index (χ3v) is 4.75. The van der Waals surface area contributed by atoms with Gasteiger partial charge >= 0.3 is 0 Å². The fourth-order valence-electron chi connectivity index (χ4n) is 1.74. The molecule has 92 valence electrons. The first-order valence-corrected chi connectivity index (χ1v) is 7.45. The fraction of sp³-hybridized carbons (Fsp3) is 0.125. The standard InChI is InChI=1S/C16H14Br2/c17-15(11-13-7-3-1-4-8-13)16(18)12-14-9-5-2-6-10-14/h1-10H,11-12H2/b16-15-. The van der Waals surface area contributed by atoms with E-state index in [1.807, 2.05) is 12.1 Å². The summed E-state index contributed by atoms with van der Waals surface area (Å²) < 4.78 is 2.41. The first-order valence-electron chi connectivity index (χ1n) is 5.86. The average Bonchev–Trinajstić information content (AvgIpc) is 2.41. The lowest BCUT2D eigenvalue weighted by Crippen LogP contribution is -1.90. The summed E-state index contributed by atoms with van der Waals surface area (Å²) in [5.74, 6) is 0. The predicted molar refractivity (Wildman–Crippen MR) is 85.2 cm³/mol. The van der Waals surface area contributed by atoms with Crippen LogP contribution in [0, 0.1) is 0 Å². The molecule has 0 aliphatic rings. The lowest BCUT2D eigenvalue weighted by atomic mass is 10.1. The maximum Gasteiger partial charge on any atom is 0.00990 e. The minimum atomic E-state index is 0.925. The number of hydrogen-bond donors (Lipinski definition) is 0. The number of rotatable bonds is 4. The van der Waals surface area contributed by atoms with Crippen molar-refractivity contribution >= 4 is 31.9 Å². The molecule has 0 nitrogen and oxygen atoms in total. The summed E-state index contributed by atoms with van der Waals surface area (Å²) >= 11 is 7.34. The summed E-state index contributed by atoms with van der Waals surface area (Å²) in [4.78, 5) is 0. The second kappa shape index (κ2) is 6.91. The Labute approximate surface area is 125 Å². The highest BCUT2D eigenvalue weighted by atomic mass is 79.9. The Morgan fingerprint density at radius 1 is 0.611 bits per heavy atom. The molecule has 0 unspecified atom stereocenters. The van der Waals surface area contributed by atoms with Crippen molar-refractivity contribution in [1.82, 2.24) is 0 Å². The summed E-state index contributed by atoms with van der Waals surface area (Å²) in [6.07, 6.45) is 1.85. The van der Waals surface area contributed by atoms with Crippen LogP contribution in [-0.2, 0) is 12.8 Å². The minimum absolute atomic E-state index is 0.925. The van der Waals surface area contributed by atoms with Crippen LogP contribution >= 0.6 is 31.9 Å². The Morgan fingerprint density at radius 2 is 0.944 bits per heavy atom. The van der Waals surface area contributed by atoms with Crippen molar-refractivity contribution in [2.75, 3.05) is 0 Å². The first-order chi connectivity index (χ1) is 8.75. The van der Waals surface area contributed by atoms with Crippen LogP contribution in [0.2, 0.25) is 0 Å². The summed E-state index contributed by atoms with van der Waals surface area (Å²) in [5.41, 5.74) is 2.63. The maximum absolute atomic E-state index is 3.67. The molecule has 0 N–H and O–H groups in total. The van der Waals surface area contributed by atoms with Gasteiger partial charge in [0.2, 0.25) is 0 Å². The molecule has 2 aromatic rings. The molecular formula is C16H14Br2.